The topological polar surface area (TPSA) is 48.4 Å². The number of carbonyl (C=O) groups excluding carboxylic acids is 1. The molecule has 0 spiro atoms. The summed E-state index contributed by atoms with van der Waals surface area (Å²) in [6.45, 7) is 0. The van der Waals surface area contributed by atoms with E-state index in [4.69, 9.17) is 0 Å². The predicted octanol–water partition coefficient (Wildman–Crippen LogP) is 1.90. The maximum Gasteiger partial charge on any atom is 0.421 e. The average Bonchev–Trinajstić information content (AvgIpc) is 2.25. The van der Waals surface area contributed by atoms with Gasteiger partial charge in [0.1, 0.15) is 5.56 Å². The van der Waals surface area contributed by atoms with Crippen LogP contribution in [0.3, 0.4) is 0 Å². The number of nitrogens with zero attached hydrogens (tertiary/aromatic N) is 1. The Hall–Kier alpha value is -1.79. The number of carbonyl (C=O) groups is 1. The minimum absolute atomic E-state index is 0.243. The summed E-state index contributed by atoms with van der Waals surface area (Å²) in [7, 11) is 2.15. The number of methoxy groups -OCH3 is 2. The van der Waals surface area contributed by atoms with E-state index < -0.39 is 23.6 Å². The highest BCUT2D eigenvalue weighted by Crippen LogP contribution is 2.34. The van der Waals surface area contributed by atoms with Crippen LogP contribution in [-0.2, 0) is 10.9 Å². The van der Waals surface area contributed by atoms with Crippen LogP contribution in [0.25, 0.3) is 0 Å². The fraction of sp³-hybridized carbons (Fsp3) is 0.333. The highest BCUT2D eigenvalue weighted by atomic mass is 19.4. The fourth-order valence-corrected chi connectivity index (χ4v) is 1.03. The second-order valence-electron chi connectivity index (χ2n) is 2.74. The first-order valence-electron chi connectivity index (χ1n) is 4.10. The molecule has 1 heterocycles. The zero-order valence-electron chi connectivity index (χ0n) is 8.46. The molecule has 0 saturated carbocycles. The molecule has 0 amide bonds. The second-order valence-corrected chi connectivity index (χ2v) is 2.74. The number of alkyl halides is 3. The molecule has 4 nitrogen and oxygen atoms in total. The van der Waals surface area contributed by atoms with Crippen molar-refractivity contribution in [3.05, 3.63) is 23.4 Å². The number of esters is 1. The Morgan fingerprint density at radius 3 is 2.38 bits per heavy atom. The molecule has 0 saturated heterocycles. The maximum absolute atomic E-state index is 12.4. The molecule has 0 aliphatic heterocycles. The van der Waals surface area contributed by atoms with Crippen LogP contribution in [0.1, 0.15) is 16.1 Å². The monoisotopic (exact) mass is 235 g/mol. The van der Waals surface area contributed by atoms with Crippen LogP contribution in [0.15, 0.2) is 12.1 Å². The summed E-state index contributed by atoms with van der Waals surface area (Å²) in [4.78, 5) is 14.4. The van der Waals surface area contributed by atoms with Gasteiger partial charge < -0.3 is 9.47 Å². The number of ether oxygens (including phenoxy) is 2. The van der Waals surface area contributed by atoms with Crippen LogP contribution >= 0.6 is 0 Å². The standard InChI is InChI=1S/C9H8F3NO3/c1-15-7-5(9(10,11)12)3-4-6(13-7)8(14)16-2/h3-4H,1-2H3. The lowest BCUT2D eigenvalue weighted by Gasteiger charge is -2.11. The van der Waals surface area contributed by atoms with Gasteiger partial charge >= 0.3 is 12.1 Å². The molecule has 88 valence electrons. The number of rotatable bonds is 2. The lowest BCUT2D eigenvalue weighted by Crippen LogP contribution is -2.12. The Bertz CT molecular complexity index is 403. The molecule has 16 heavy (non-hydrogen) atoms. The number of halogens is 3. The first-order valence-corrected chi connectivity index (χ1v) is 4.10. The molecule has 1 aromatic rings. The van der Waals surface area contributed by atoms with E-state index in [2.05, 4.69) is 14.5 Å². The molecule has 0 aliphatic carbocycles. The van der Waals surface area contributed by atoms with E-state index in [1.807, 2.05) is 0 Å². The summed E-state index contributed by atoms with van der Waals surface area (Å²) >= 11 is 0. The average molecular weight is 235 g/mol. The van der Waals surface area contributed by atoms with Gasteiger partial charge in [0.2, 0.25) is 5.88 Å². The van der Waals surface area contributed by atoms with Crippen molar-refractivity contribution in [3.63, 3.8) is 0 Å². The Balaban J connectivity index is 3.22. The van der Waals surface area contributed by atoms with Crippen LogP contribution < -0.4 is 4.74 Å². The maximum atomic E-state index is 12.4. The highest BCUT2D eigenvalue weighted by Gasteiger charge is 2.35. The number of aromatic nitrogens is 1. The van der Waals surface area contributed by atoms with Gasteiger partial charge in [0.15, 0.2) is 5.69 Å². The number of hydrogen-bond acceptors (Lipinski definition) is 4. The van der Waals surface area contributed by atoms with E-state index in [1.54, 1.807) is 0 Å². The molecular weight excluding hydrogens is 227 g/mol. The SMILES string of the molecule is COC(=O)c1ccc(C(F)(F)F)c(OC)n1. The Morgan fingerprint density at radius 1 is 1.31 bits per heavy atom. The van der Waals surface area contributed by atoms with E-state index >= 15 is 0 Å². The van der Waals surface area contributed by atoms with Crippen LogP contribution in [0, 0.1) is 0 Å². The Kier molecular flexibility index (Phi) is 3.36. The summed E-state index contributed by atoms with van der Waals surface area (Å²) in [5.74, 6) is -1.48. The number of pyridine rings is 1. The summed E-state index contributed by atoms with van der Waals surface area (Å²) in [6.07, 6.45) is -4.58. The summed E-state index contributed by atoms with van der Waals surface area (Å²) in [6, 6.07) is 1.65. The van der Waals surface area contributed by atoms with Gasteiger partial charge in [-0.15, -0.1) is 0 Å². The van der Waals surface area contributed by atoms with Gasteiger partial charge in [-0.05, 0) is 12.1 Å². The molecule has 0 radical (unpaired) electrons. The molecule has 0 fully saturated rings. The minimum atomic E-state index is -4.58. The van der Waals surface area contributed by atoms with Gasteiger partial charge in [-0.25, -0.2) is 9.78 Å². The van der Waals surface area contributed by atoms with E-state index in [9.17, 15) is 18.0 Å². The van der Waals surface area contributed by atoms with Crippen molar-refractivity contribution in [1.29, 1.82) is 0 Å². The quantitative estimate of drug-likeness (QED) is 0.734. The van der Waals surface area contributed by atoms with Gasteiger partial charge in [-0.3, -0.25) is 0 Å². The lowest BCUT2D eigenvalue weighted by atomic mass is 10.2. The van der Waals surface area contributed by atoms with Crippen LogP contribution in [-0.4, -0.2) is 25.2 Å². The van der Waals surface area contributed by atoms with E-state index in [0.29, 0.717) is 0 Å². The van der Waals surface area contributed by atoms with Gasteiger partial charge in [-0.2, -0.15) is 13.2 Å². The van der Waals surface area contributed by atoms with Gasteiger partial charge in [0, 0.05) is 0 Å². The Morgan fingerprint density at radius 2 is 1.94 bits per heavy atom. The molecule has 0 aromatic carbocycles. The third kappa shape index (κ3) is 2.41. The van der Waals surface area contributed by atoms with E-state index in [1.165, 1.54) is 0 Å². The van der Waals surface area contributed by atoms with Gasteiger partial charge in [0.25, 0.3) is 0 Å². The van der Waals surface area contributed by atoms with Crippen molar-refractivity contribution < 1.29 is 27.4 Å². The fourth-order valence-electron chi connectivity index (χ4n) is 1.03. The number of hydrogen-bond donors (Lipinski definition) is 0. The molecule has 0 N–H and O–H groups in total. The van der Waals surface area contributed by atoms with Crippen molar-refractivity contribution in [2.75, 3.05) is 14.2 Å². The molecule has 0 aliphatic rings. The third-order valence-corrected chi connectivity index (χ3v) is 1.75. The molecule has 0 bridgehead atoms. The normalized spacial score (nSPS) is 11.1. The molecule has 7 heteroatoms. The van der Waals surface area contributed by atoms with Crippen molar-refractivity contribution in [2.24, 2.45) is 0 Å². The first kappa shape index (κ1) is 12.3. The summed E-state index contributed by atoms with van der Waals surface area (Å²) in [5.41, 5.74) is -1.28. The molecule has 1 aromatic heterocycles. The van der Waals surface area contributed by atoms with Gasteiger partial charge in [-0.1, -0.05) is 0 Å². The largest absolute Gasteiger partial charge is 0.481 e. The van der Waals surface area contributed by atoms with Crippen molar-refractivity contribution >= 4 is 5.97 Å². The van der Waals surface area contributed by atoms with Crippen molar-refractivity contribution in [1.82, 2.24) is 4.98 Å². The summed E-state index contributed by atoms with van der Waals surface area (Å²) in [5, 5.41) is 0. The minimum Gasteiger partial charge on any atom is -0.481 e. The zero-order chi connectivity index (χ0) is 12.3. The smallest absolute Gasteiger partial charge is 0.421 e. The van der Waals surface area contributed by atoms with Crippen molar-refractivity contribution in [2.45, 2.75) is 6.18 Å². The first-order chi connectivity index (χ1) is 7.40. The molecule has 1 rings (SSSR count). The van der Waals surface area contributed by atoms with Crippen LogP contribution in [0.4, 0.5) is 13.2 Å². The molecule has 0 atom stereocenters. The molecule has 0 unspecified atom stereocenters. The van der Waals surface area contributed by atoms with Gasteiger partial charge in [0.05, 0.1) is 14.2 Å². The van der Waals surface area contributed by atoms with Crippen LogP contribution in [0.5, 0.6) is 5.88 Å². The van der Waals surface area contributed by atoms with Crippen LogP contribution in [0.2, 0.25) is 0 Å². The lowest BCUT2D eigenvalue weighted by molar-refractivity contribution is -0.139. The van der Waals surface area contributed by atoms with E-state index in [0.717, 1.165) is 26.4 Å². The molecular formula is C9H8F3NO3. The van der Waals surface area contributed by atoms with Crippen molar-refractivity contribution in [3.8, 4) is 5.88 Å². The highest BCUT2D eigenvalue weighted by molar-refractivity contribution is 5.87. The summed E-state index contributed by atoms with van der Waals surface area (Å²) < 4.78 is 46.0. The second kappa shape index (κ2) is 4.38. The zero-order valence-corrected chi connectivity index (χ0v) is 8.46. The Labute approximate surface area is 89.0 Å². The van der Waals surface area contributed by atoms with E-state index in [-0.39, 0.29) is 5.69 Å². The third-order valence-electron chi connectivity index (χ3n) is 1.75. The predicted molar refractivity (Wildman–Crippen MR) is 47.1 cm³/mol.